The summed E-state index contributed by atoms with van der Waals surface area (Å²) in [5.41, 5.74) is 2.03. The van der Waals surface area contributed by atoms with E-state index in [1.807, 2.05) is 0 Å². The Kier molecular flexibility index (Phi) is 7.52. The largest absolute Gasteiger partial charge is 0.504 e. The van der Waals surface area contributed by atoms with Crippen molar-refractivity contribution in [2.45, 2.75) is 57.7 Å². The predicted octanol–water partition coefficient (Wildman–Crippen LogP) is 5.09. The zero-order valence-corrected chi connectivity index (χ0v) is 20.6. The van der Waals surface area contributed by atoms with Gasteiger partial charge in [-0.2, -0.15) is 0 Å². The number of hydrogen-bond donors (Lipinski definition) is 1. The summed E-state index contributed by atoms with van der Waals surface area (Å²) in [5.74, 6) is -0.245. The summed E-state index contributed by atoms with van der Waals surface area (Å²) in [6, 6.07) is 13.1. The van der Waals surface area contributed by atoms with Gasteiger partial charge in [0.05, 0.1) is 15.7 Å². The van der Waals surface area contributed by atoms with Crippen molar-refractivity contribution in [3.05, 3.63) is 58.3 Å². The van der Waals surface area contributed by atoms with Crippen LogP contribution < -0.4 is 5.46 Å². The molecule has 0 amide bonds. The molecule has 0 aromatic heterocycles. The van der Waals surface area contributed by atoms with Crippen molar-refractivity contribution in [3.8, 4) is 5.75 Å². The average Bonchev–Trinajstić information content (AvgIpc) is 2.94. The molecule has 0 radical (unpaired) electrons. The number of aromatic hydroxyl groups is 1. The molecular weight excluding hydrogens is 460 g/mol. The van der Waals surface area contributed by atoms with Crippen LogP contribution in [-0.2, 0) is 9.31 Å². The minimum absolute atomic E-state index is 0.253. The van der Waals surface area contributed by atoms with Gasteiger partial charge in [-0.3, -0.25) is 0 Å². The third-order valence-electron chi connectivity index (χ3n) is 6.59. The SMILES string of the molecule is CN1CCC(c2ccc(B3OC(C)(C)C(C)(C)O3)cc2)CC1.Oc1c(F)cccc1Br. The first kappa shape index (κ1) is 24.2. The first-order valence-corrected chi connectivity index (χ1v) is 11.6. The molecule has 2 aromatic rings. The summed E-state index contributed by atoms with van der Waals surface area (Å²) in [5, 5.41) is 8.78. The topological polar surface area (TPSA) is 41.9 Å². The molecular formula is C24H32BBrFNO3. The molecule has 4 nitrogen and oxygen atoms in total. The number of phenols is 1. The van der Waals surface area contributed by atoms with Crippen LogP contribution in [0.2, 0.25) is 0 Å². The van der Waals surface area contributed by atoms with Gasteiger partial charge in [-0.15, -0.1) is 0 Å². The Balaban J connectivity index is 0.000000254. The zero-order valence-electron chi connectivity index (χ0n) is 19.0. The summed E-state index contributed by atoms with van der Waals surface area (Å²) < 4.78 is 24.9. The monoisotopic (exact) mass is 491 g/mol. The second kappa shape index (κ2) is 9.61. The fraction of sp³-hybridized carbons (Fsp3) is 0.500. The number of halogens is 2. The minimum Gasteiger partial charge on any atom is -0.504 e. The number of rotatable bonds is 2. The van der Waals surface area contributed by atoms with Gasteiger partial charge in [0.1, 0.15) is 0 Å². The van der Waals surface area contributed by atoms with Gasteiger partial charge in [-0.25, -0.2) is 4.39 Å². The highest BCUT2D eigenvalue weighted by molar-refractivity contribution is 9.10. The Morgan fingerprint density at radius 1 is 1.00 bits per heavy atom. The molecule has 0 atom stereocenters. The van der Waals surface area contributed by atoms with E-state index in [4.69, 9.17) is 14.4 Å². The van der Waals surface area contributed by atoms with Gasteiger partial charge < -0.3 is 19.3 Å². The fourth-order valence-corrected chi connectivity index (χ4v) is 4.08. The number of phenolic OH excluding ortho intramolecular Hbond substituents is 1. The number of hydrogen-bond acceptors (Lipinski definition) is 4. The molecule has 2 fully saturated rings. The van der Waals surface area contributed by atoms with Crippen LogP contribution in [0, 0.1) is 5.82 Å². The van der Waals surface area contributed by atoms with Gasteiger partial charge in [0.2, 0.25) is 0 Å². The maximum Gasteiger partial charge on any atom is 0.494 e. The van der Waals surface area contributed by atoms with Gasteiger partial charge in [-0.1, -0.05) is 30.3 Å². The van der Waals surface area contributed by atoms with Crippen LogP contribution >= 0.6 is 15.9 Å². The van der Waals surface area contributed by atoms with Crippen LogP contribution in [0.15, 0.2) is 46.9 Å². The van der Waals surface area contributed by atoms with Crippen LogP contribution in [0.3, 0.4) is 0 Å². The molecule has 0 aliphatic carbocycles. The Morgan fingerprint density at radius 2 is 1.55 bits per heavy atom. The number of para-hydroxylation sites is 1. The van der Waals surface area contributed by atoms with Gasteiger partial charge in [0, 0.05) is 0 Å². The van der Waals surface area contributed by atoms with E-state index >= 15 is 0 Å². The Bertz CT molecular complexity index is 847. The van der Waals surface area contributed by atoms with E-state index in [1.165, 1.54) is 43.6 Å². The van der Waals surface area contributed by atoms with Crippen molar-refractivity contribution in [2.75, 3.05) is 20.1 Å². The summed E-state index contributed by atoms with van der Waals surface area (Å²) >= 11 is 2.96. The molecule has 31 heavy (non-hydrogen) atoms. The molecule has 0 spiro atoms. The molecule has 7 heteroatoms. The summed E-state index contributed by atoms with van der Waals surface area (Å²) in [4.78, 5) is 2.41. The van der Waals surface area contributed by atoms with Gasteiger partial charge in [0.15, 0.2) is 11.6 Å². The van der Waals surface area contributed by atoms with E-state index in [2.05, 4.69) is 79.8 Å². The smallest absolute Gasteiger partial charge is 0.494 e. The van der Waals surface area contributed by atoms with Crippen LogP contribution in [0.1, 0.15) is 52.0 Å². The highest BCUT2D eigenvalue weighted by atomic mass is 79.9. The summed E-state index contributed by atoms with van der Waals surface area (Å²) in [7, 11) is 1.95. The lowest BCUT2D eigenvalue weighted by Gasteiger charge is -2.32. The fourth-order valence-electron chi connectivity index (χ4n) is 3.74. The maximum atomic E-state index is 12.3. The third kappa shape index (κ3) is 5.69. The summed E-state index contributed by atoms with van der Waals surface area (Å²) in [6.07, 6.45) is 2.51. The van der Waals surface area contributed by atoms with Crippen LogP contribution in [0.25, 0.3) is 0 Å². The van der Waals surface area contributed by atoms with E-state index in [-0.39, 0.29) is 24.1 Å². The second-order valence-electron chi connectivity index (χ2n) is 9.40. The van der Waals surface area contributed by atoms with Gasteiger partial charge in [0.25, 0.3) is 0 Å². The lowest BCUT2D eigenvalue weighted by molar-refractivity contribution is 0.00578. The van der Waals surface area contributed by atoms with Crippen LogP contribution in [0.5, 0.6) is 5.75 Å². The van der Waals surface area contributed by atoms with Crippen LogP contribution in [0.4, 0.5) is 4.39 Å². The van der Waals surface area contributed by atoms with Crippen molar-refractivity contribution >= 4 is 28.5 Å². The Labute approximate surface area is 194 Å². The highest BCUT2D eigenvalue weighted by Crippen LogP contribution is 2.36. The predicted molar refractivity (Wildman–Crippen MR) is 127 cm³/mol. The molecule has 2 saturated heterocycles. The Morgan fingerprint density at radius 3 is 2.03 bits per heavy atom. The maximum absolute atomic E-state index is 12.3. The van der Waals surface area contributed by atoms with Crippen molar-refractivity contribution in [1.82, 2.24) is 4.90 Å². The van der Waals surface area contributed by atoms with Crippen LogP contribution in [-0.4, -0.2) is 48.5 Å². The lowest BCUT2D eigenvalue weighted by atomic mass is 9.77. The normalized spacial score (nSPS) is 20.9. The molecule has 4 rings (SSSR count). The third-order valence-corrected chi connectivity index (χ3v) is 7.23. The quantitative estimate of drug-likeness (QED) is 0.594. The molecule has 0 bridgehead atoms. The van der Waals surface area contributed by atoms with Gasteiger partial charge in [-0.05, 0) is 106 Å². The molecule has 2 aliphatic rings. The first-order chi connectivity index (χ1) is 14.5. The van der Waals surface area contributed by atoms with E-state index in [0.29, 0.717) is 10.4 Å². The van der Waals surface area contributed by atoms with Crippen molar-refractivity contribution < 1.29 is 18.8 Å². The molecule has 168 valence electrons. The van der Waals surface area contributed by atoms with Crippen molar-refractivity contribution in [3.63, 3.8) is 0 Å². The molecule has 0 unspecified atom stereocenters. The van der Waals surface area contributed by atoms with Crippen molar-refractivity contribution in [2.24, 2.45) is 0 Å². The molecule has 2 aliphatic heterocycles. The summed E-state index contributed by atoms with van der Waals surface area (Å²) in [6.45, 7) is 10.8. The standard InChI is InChI=1S/C18H28BNO2.C6H4BrFO/c1-17(2)18(3,4)22-19(21-17)16-8-6-14(7-9-16)15-10-12-20(5)13-11-15;7-4-2-1-3-5(8)6(4)9/h6-9,15H,10-13H2,1-5H3;1-3,9H. The molecule has 0 saturated carbocycles. The number of nitrogens with zero attached hydrogens (tertiary/aromatic N) is 1. The first-order valence-electron chi connectivity index (χ1n) is 10.8. The van der Waals surface area contributed by atoms with E-state index in [1.54, 1.807) is 6.07 Å². The Hall–Kier alpha value is -1.41. The zero-order chi connectivity index (χ0) is 22.8. The van der Waals surface area contributed by atoms with E-state index < -0.39 is 5.82 Å². The van der Waals surface area contributed by atoms with Gasteiger partial charge >= 0.3 is 7.12 Å². The molecule has 2 aromatic carbocycles. The molecule has 2 heterocycles. The van der Waals surface area contributed by atoms with Crippen molar-refractivity contribution in [1.29, 1.82) is 0 Å². The van der Waals surface area contributed by atoms with E-state index in [9.17, 15) is 4.39 Å². The number of likely N-dealkylation sites (tertiary alicyclic amines) is 1. The average molecular weight is 492 g/mol. The highest BCUT2D eigenvalue weighted by Gasteiger charge is 2.51. The van der Waals surface area contributed by atoms with E-state index in [0.717, 1.165) is 5.46 Å². The minimum atomic E-state index is -0.607. The number of piperidine rings is 1. The molecule has 1 N–H and O–H groups in total. The lowest BCUT2D eigenvalue weighted by Crippen LogP contribution is -2.41. The second-order valence-corrected chi connectivity index (χ2v) is 10.3. The number of benzene rings is 2.